The van der Waals surface area contributed by atoms with Gasteiger partial charge in [0.1, 0.15) is 11.7 Å². The van der Waals surface area contributed by atoms with Crippen LogP contribution in [0.4, 0.5) is 0 Å². The molecule has 1 aromatic heterocycles. The maximum atomic E-state index is 12.2. The number of hydrogen-bond acceptors (Lipinski definition) is 2. The van der Waals surface area contributed by atoms with Gasteiger partial charge in [-0.25, -0.2) is 4.79 Å². The summed E-state index contributed by atoms with van der Waals surface area (Å²) in [7, 11) is 0. The van der Waals surface area contributed by atoms with E-state index in [9.17, 15) is 9.59 Å². The fraction of sp³-hybridized carbons (Fsp3) is 0.571. The van der Waals surface area contributed by atoms with E-state index >= 15 is 0 Å². The van der Waals surface area contributed by atoms with Crippen LogP contribution in [-0.4, -0.2) is 27.6 Å². The van der Waals surface area contributed by atoms with E-state index in [1.165, 1.54) is 6.42 Å². The minimum atomic E-state index is -0.975. The SMILES string of the molecule is CCC[C@H](NC(=O)c1cccn1C1CCC1)C(=O)O. The molecule has 1 aromatic rings. The molecule has 19 heavy (non-hydrogen) atoms. The predicted molar refractivity (Wildman–Crippen MR) is 71.1 cm³/mol. The second kappa shape index (κ2) is 5.91. The highest BCUT2D eigenvalue weighted by atomic mass is 16.4. The second-order valence-electron chi connectivity index (χ2n) is 5.04. The lowest BCUT2D eigenvalue weighted by Crippen LogP contribution is -2.41. The first-order valence-electron chi connectivity index (χ1n) is 6.84. The summed E-state index contributed by atoms with van der Waals surface area (Å²) in [6.45, 7) is 1.90. The summed E-state index contributed by atoms with van der Waals surface area (Å²) >= 11 is 0. The second-order valence-corrected chi connectivity index (χ2v) is 5.04. The maximum Gasteiger partial charge on any atom is 0.326 e. The lowest BCUT2D eigenvalue weighted by atomic mass is 9.93. The van der Waals surface area contributed by atoms with Crippen LogP contribution in [0, 0.1) is 0 Å². The Balaban J connectivity index is 2.06. The van der Waals surface area contributed by atoms with Gasteiger partial charge in [-0.05, 0) is 37.8 Å². The molecular formula is C14H20N2O3. The molecule has 1 saturated carbocycles. The van der Waals surface area contributed by atoms with Gasteiger partial charge < -0.3 is 15.0 Å². The van der Waals surface area contributed by atoms with Gasteiger partial charge >= 0.3 is 5.97 Å². The molecule has 2 N–H and O–H groups in total. The van der Waals surface area contributed by atoms with E-state index in [1.54, 1.807) is 6.07 Å². The third-order valence-electron chi connectivity index (χ3n) is 3.66. The van der Waals surface area contributed by atoms with Crippen LogP contribution in [-0.2, 0) is 4.79 Å². The average Bonchev–Trinajstić information content (AvgIpc) is 2.74. The fourth-order valence-electron chi connectivity index (χ4n) is 2.35. The van der Waals surface area contributed by atoms with Crippen LogP contribution in [0.15, 0.2) is 18.3 Å². The van der Waals surface area contributed by atoms with Crippen molar-refractivity contribution in [2.45, 2.75) is 51.1 Å². The zero-order valence-corrected chi connectivity index (χ0v) is 11.1. The van der Waals surface area contributed by atoms with Crippen molar-refractivity contribution in [3.63, 3.8) is 0 Å². The minimum absolute atomic E-state index is 0.294. The Morgan fingerprint density at radius 3 is 2.79 bits per heavy atom. The minimum Gasteiger partial charge on any atom is -0.480 e. The predicted octanol–water partition coefficient (Wildman–Crippen LogP) is 2.20. The van der Waals surface area contributed by atoms with E-state index in [0.29, 0.717) is 18.2 Å². The van der Waals surface area contributed by atoms with E-state index < -0.39 is 12.0 Å². The van der Waals surface area contributed by atoms with Crippen LogP contribution in [0.1, 0.15) is 55.6 Å². The molecule has 2 rings (SSSR count). The van der Waals surface area contributed by atoms with Gasteiger partial charge in [0.05, 0.1) is 0 Å². The number of carboxylic acid groups (broad SMARTS) is 1. The Kier molecular flexibility index (Phi) is 4.24. The van der Waals surface area contributed by atoms with Gasteiger partial charge in [0.2, 0.25) is 0 Å². The number of rotatable bonds is 6. The molecule has 0 radical (unpaired) electrons. The van der Waals surface area contributed by atoms with Crippen molar-refractivity contribution in [1.82, 2.24) is 9.88 Å². The van der Waals surface area contributed by atoms with Crippen molar-refractivity contribution in [3.8, 4) is 0 Å². The molecule has 1 amide bonds. The Morgan fingerprint density at radius 2 is 2.26 bits per heavy atom. The molecule has 1 heterocycles. The summed E-state index contributed by atoms with van der Waals surface area (Å²) in [5.41, 5.74) is 0.562. The first-order valence-corrected chi connectivity index (χ1v) is 6.84. The summed E-state index contributed by atoms with van der Waals surface area (Å²) in [4.78, 5) is 23.2. The topological polar surface area (TPSA) is 71.3 Å². The van der Waals surface area contributed by atoms with Gasteiger partial charge in [0, 0.05) is 12.2 Å². The van der Waals surface area contributed by atoms with Gasteiger partial charge in [-0.2, -0.15) is 0 Å². The van der Waals surface area contributed by atoms with Gasteiger partial charge in [-0.15, -0.1) is 0 Å². The molecule has 0 spiro atoms. The Hall–Kier alpha value is -1.78. The molecule has 0 saturated heterocycles. The van der Waals surface area contributed by atoms with Crippen molar-refractivity contribution in [2.24, 2.45) is 0 Å². The van der Waals surface area contributed by atoms with Crippen LogP contribution in [0.5, 0.6) is 0 Å². The number of nitrogens with zero attached hydrogens (tertiary/aromatic N) is 1. The highest BCUT2D eigenvalue weighted by Crippen LogP contribution is 2.32. The highest BCUT2D eigenvalue weighted by molar-refractivity contribution is 5.95. The number of carboxylic acids is 1. The summed E-state index contributed by atoms with van der Waals surface area (Å²) in [5.74, 6) is -1.27. The van der Waals surface area contributed by atoms with E-state index in [0.717, 1.165) is 19.3 Å². The lowest BCUT2D eigenvalue weighted by Gasteiger charge is -2.29. The normalized spacial score (nSPS) is 16.7. The smallest absolute Gasteiger partial charge is 0.326 e. The van der Waals surface area contributed by atoms with Crippen LogP contribution in [0.2, 0.25) is 0 Å². The number of aromatic nitrogens is 1. The number of aliphatic carboxylic acids is 1. The fourth-order valence-corrected chi connectivity index (χ4v) is 2.35. The summed E-state index contributed by atoms with van der Waals surface area (Å²) < 4.78 is 1.96. The van der Waals surface area contributed by atoms with Crippen molar-refractivity contribution < 1.29 is 14.7 Å². The van der Waals surface area contributed by atoms with Gasteiger partial charge in [-0.1, -0.05) is 13.3 Å². The molecule has 5 nitrogen and oxygen atoms in total. The van der Waals surface area contributed by atoms with Gasteiger partial charge in [-0.3, -0.25) is 4.79 Å². The third kappa shape index (κ3) is 2.97. The van der Waals surface area contributed by atoms with E-state index in [4.69, 9.17) is 5.11 Å². The molecule has 1 fully saturated rings. The Morgan fingerprint density at radius 1 is 1.53 bits per heavy atom. The van der Waals surface area contributed by atoms with Crippen LogP contribution < -0.4 is 5.32 Å². The third-order valence-corrected chi connectivity index (χ3v) is 3.66. The molecule has 1 atom stereocenters. The monoisotopic (exact) mass is 264 g/mol. The summed E-state index contributed by atoms with van der Waals surface area (Å²) in [6, 6.07) is 3.17. The van der Waals surface area contributed by atoms with Crippen molar-refractivity contribution in [3.05, 3.63) is 24.0 Å². The zero-order chi connectivity index (χ0) is 13.8. The number of hydrogen-bond donors (Lipinski definition) is 2. The van der Waals surface area contributed by atoms with Crippen molar-refractivity contribution in [2.75, 3.05) is 0 Å². The van der Waals surface area contributed by atoms with Gasteiger partial charge in [0.15, 0.2) is 0 Å². The highest BCUT2D eigenvalue weighted by Gasteiger charge is 2.25. The van der Waals surface area contributed by atoms with E-state index in [1.807, 2.05) is 23.8 Å². The summed E-state index contributed by atoms with van der Waals surface area (Å²) in [6.07, 6.45) is 6.44. The van der Waals surface area contributed by atoms with Crippen molar-refractivity contribution >= 4 is 11.9 Å². The lowest BCUT2D eigenvalue weighted by molar-refractivity contribution is -0.139. The van der Waals surface area contributed by atoms with Gasteiger partial charge in [0.25, 0.3) is 5.91 Å². The molecule has 0 aromatic carbocycles. The average molecular weight is 264 g/mol. The molecule has 0 aliphatic heterocycles. The molecular weight excluding hydrogens is 244 g/mol. The number of carbonyl (C=O) groups is 2. The number of nitrogens with one attached hydrogen (secondary N) is 1. The molecule has 0 unspecified atom stereocenters. The largest absolute Gasteiger partial charge is 0.480 e. The van der Waals surface area contributed by atoms with Crippen molar-refractivity contribution in [1.29, 1.82) is 0 Å². The first-order chi connectivity index (χ1) is 9.13. The molecule has 1 aliphatic carbocycles. The standard InChI is InChI=1S/C14H20N2O3/c1-2-5-11(14(18)19)15-13(17)12-8-4-9-16(12)10-6-3-7-10/h4,8-11H,2-3,5-7H2,1H3,(H,15,17)(H,18,19)/t11-/m0/s1. The summed E-state index contributed by atoms with van der Waals surface area (Å²) in [5, 5.41) is 11.7. The van der Waals surface area contributed by atoms with Crippen LogP contribution >= 0.6 is 0 Å². The number of amides is 1. The quantitative estimate of drug-likeness (QED) is 0.827. The van der Waals surface area contributed by atoms with Crippen LogP contribution in [0.25, 0.3) is 0 Å². The number of carbonyl (C=O) groups excluding carboxylic acids is 1. The van der Waals surface area contributed by atoms with Crippen LogP contribution in [0.3, 0.4) is 0 Å². The molecule has 0 bridgehead atoms. The zero-order valence-electron chi connectivity index (χ0n) is 11.1. The Labute approximate surface area is 112 Å². The first kappa shape index (κ1) is 13.6. The van der Waals surface area contributed by atoms with E-state index in [-0.39, 0.29) is 5.91 Å². The Bertz CT molecular complexity index is 463. The molecule has 104 valence electrons. The van der Waals surface area contributed by atoms with E-state index in [2.05, 4.69) is 5.32 Å². The molecule has 5 heteroatoms. The molecule has 1 aliphatic rings. The maximum absolute atomic E-state index is 12.2.